The molecule has 7 nitrogen and oxygen atoms in total. The zero-order valence-corrected chi connectivity index (χ0v) is 15.9. The fourth-order valence-corrected chi connectivity index (χ4v) is 3.62. The van der Waals surface area contributed by atoms with E-state index < -0.39 is 10.1 Å². The second-order valence-electron chi connectivity index (χ2n) is 6.82. The van der Waals surface area contributed by atoms with Gasteiger partial charge < -0.3 is 5.32 Å². The van der Waals surface area contributed by atoms with Crippen LogP contribution >= 0.6 is 0 Å². The molecule has 0 saturated heterocycles. The molecular weight excluding hydrogens is 352 g/mol. The summed E-state index contributed by atoms with van der Waals surface area (Å²) in [6.07, 6.45) is 8.48. The standard InChI is InChI=1S/C18H24N4O3S/c1-13-6-7-15(11-20-13)17-8-9-19-18(22-17)21-16-5-3-4-14(10-16)12-25-26(2,23)24/h6-9,11,14,16H,3-5,10,12H2,1-2H3,(H,19,21,22). The summed E-state index contributed by atoms with van der Waals surface area (Å²) in [6.45, 7) is 2.19. The normalized spacial score (nSPS) is 20.7. The highest BCUT2D eigenvalue weighted by Gasteiger charge is 2.24. The first-order valence-electron chi connectivity index (χ1n) is 8.76. The number of nitrogens with one attached hydrogen (secondary N) is 1. The summed E-state index contributed by atoms with van der Waals surface area (Å²) >= 11 is 0. The van der Waals surface area contributed by atoms with Crippen LogP contribution < -0.4 is 5.32 Å². The minimum Gasteiger partial charge on any atom is -0.351 e. The SMILES string of the molecule is Cc1ccc(-c2ccnc(NC3CCCC(COS(C)(=O)=O)C3)n2)cn1. The monoisotopic (exact) mass is 376 g/mol. The lowest BCUT2D eigenvalue weighted by Gasteiger charge is -2.29. The molecule has 1 aliphatic carbocycles. The predicted molar refractivity (Wildman–Crippen MR) is 100 cm³/mol. The molecule has 2 aromatic heterocycles. The Kier molecular flexibility index (Phi) is 5.83. The fourth-order valence-electron chi connectivity index (χ4n) is 3.18. The van der Waals surface area contributed by atoms with Gasteiger partial charge in [0, 0.05) is 29.7 Å². The van der Waals surface area contributed by atoms with Crippen molar-refractivity contribution in [2.24, 2.45) is 5.92 Å². The minimum atomic E-state index is -3.39. The molecule has 0 bridgehead atoms. The van der Waals surface area contributed by atoms with E-state index in [0.29, 0.717) is 5.95 Å². The van der Waals surface area contributed by atoms with Crippen molar-refractivity contribution in [2.75, 3.05) is 18.2 Å². The van der Waals surface area contributed by atoms with Crippen LogP contribution in [0.15, 0.2) is 30.6 Å². The smallest absolute Gasteiger partial charge is 0.264 e. The number of aromatic nitrogens is 3. The maximum Gasteiger partial charge on any atom is 0.264 e. The van der Waals surface area contributed by atoms with E-state index >= 15 is 0 Å². The molecular formula is C18H24N4O3S. The number of nitrogens with zero attached hydrogens (tertiary/aromatic N) is 3. The highest BCUT2D eigenvalue weighted by Crippen LogP contribution is 2.27. The van der Waals surface area contributed by atoms with Gasteiger partial charge in [0.25, 0.3) is 10.1 Å². The summed E-state index contributed by atoms with van der Waals surface area (Å²) in [5, 5.41) is 3.38. The van der Waals surface area contributed by atoms with E-state index in [9.17, 15) is 8.42 Å². The maximum absolute atomic E-state index is 11.2. The molecule has 1 N–H and O–H groups in total. The predicted octanol–water partition coefficient (Wildman–Crippen LogP) is 2.79. The third-order valence-electron chi connectivity index (χ3n) is 4.50. The van der Waals surface area contributed by atoms with Crippen molar-refractivity contribution < 1.29 is 12.6 Å². The van der Waals surface area contributed by atoms with Gasteiger partial charge in [-0.2, -0.15) is 8.42 Å². The van der Waals surface area contributed by atoms with Crippen LogP contribution in [0.5, 0.6) is 0 Å². The van der Waals surface area contributed by atoms with Gasteiger partial charge in [0.1, 0.15) is 0 Å². The zero-order valence-electron chi connectivity index (χ0n) is 15.1. The van der Waals surface area contributed by atoms with Crippen LogP contribution in [0, 0.1) is 12.8 Å². The summed E-state index contributed by atoms with van der Waals surface area (Å²) in [5.74, 6) is 0.804. The second-order valence-corrected chi connectivity index (χ2v) is 8.46. The summed E-state index contributed by atoms with van der Waals surface area (Å²) < 4.78 is 27.3. The summed E-state index contributed by atoms with van der Waals surface area (Å²) in [4.78, 5) is 13.2. The van der Waals surface area contributed by atoms with Crippen molar-refractivity contribution >= 4 is 16.1 Å². The van der Waals surface area contributed by atoms with Crippen LogP contribution in [0.1, 0.15) is 31.4 Å². The van der Waals surface area contributed by atoms with E-state index in [4.69, 9.17) is 4.18 Å². The van der Waals surface area contributed by atoms with Gasteiger partial charge in [-0.1, -0.05) is 6.42 Å². The highest BCUT2D eigenvalue weighted by molar-refractivity contribution is 7.85. The highest BCUT2D eigenvalue weighted by atomic mass is 32.2. The van der Waals surface area contributed by atoms with Crippen molar-refractivity contribution in [2.45, 2.75) is 38.6 Å². The zero-order chi connectivity index (χ0) is 18.6. The van der Waals surface area contributed by atoms with Gasteiger partial charge in [0.15, 0.2) is 0 Å². The molecule has 2 unspecified atom stereocenters. The largest absolute Gasteiger partial charge is 0.351 e. The number of rotatable bonds is 6. The first-order chi connectivity index (χ1) is 12.4. The molecule has 3 rings (SSSR count). The van der Waals surface area contributed by atoms with Crippen LogP contribution in [0.4, 0.5) is 5.95 Å². The van der Waals surface area contributed by atoms with Gasteiger partial charge in [0.05, 0.1) is 18.6 Å². The average molecular weight is 376 g/mol. The Hall–Kier alpha value is -2.06. The number of pyridine rings is 1. The molecule has 0 aliphatic heterocycles. The summed E-state index contributed by atoms with van der Waals surface area (Å²) in [7, 11) is -3.39. The van der Waals surface area contributed by atoms with Gasteiger partial charge in [-0.05, 0) is 50.3 Å². The lowest BCUT2D eigenvalue weighted by molar-refractivity contribution is 0.208. The van der Waals surface area contributed by atoms with Crippen molar-refractivity contribution in [3.05, 3.63) is 36.3 Å². The van der Waals surface area contributed by atoms with Crippen LogP contribution in [0.25, 0.3) is 11.3 Å². The number of hydrogen-bond donors (Lipinski definition) is 1. The second kappa shape index (κ2) is 8.09. The first kappa shape index (κ1) is 18.7. The van der Waals surface area contributed by atoms with Crippen LogP contribution in [0.3, 0.4) is 0 Å². The Morgan fingerprint density at radius 1 is 1.23 bits per heavy atom. The Morgan fingerprint density at radius 3 is 2.81 bits per heavy atom. The van der Waals surface area contributed by atoms with Crippen molar-refractivity contribution in [1.29, 1.82) is 0 Å². The minimum absolute atomic E-state index is 0.211. The molecule has 2 heterocycles. The Morgan fingerprint density at radius 2 is 2.08 bits per heavy atom. The molecule has 2 atom stereocenters. The van der Waals surface area contributed by atoms with E-state index in [-0.39, 0.29) is 18.6 Å². The lowest BCUT2D eigenvalue weighted by atomic mass is 9.86. The van der Waals surface area contributed by atoms with E-state index in [1.165, 1.54) is 0 Å². The van der Waals surface area contributed by atoms with E-state index in [0.717, 1.165) is 48.9 Å². The molecule has 26 heavy (non-hydrogen) atoms. The molecule has 1 saturated carbocycles. The van der Waals surface area contributed by atoms with Crippen molar-refractivity contribution in [3.8, 4) is 11.3 Å². The third kappa shape index (κ3) is 5.47. The number of aryl methyl sites for hydroxylation is 1. The molecule has 0 spiro atoms. The molecule has 140 valence electrons. The van der Waals surface area contributed by atoms with Crippen LogP contribution in [-0.4, -0.2) is 42.3 Å². The van der Waals surface area contributed by atoms with Gasteiger partial charge in [-0.25, -0.2) is 9.97 Å². The van der Waals surface area contributed by atoms with E-state index in [1.807, 2.05) is 25.1 Å². The molecule has 0 amide bonds. The molecule has 2 aromatic rings. The molecule has 0 aromatic carbocycles. The Balaban J connectivity index is 1.63. The number of hydrogen-bond acceptors (Lipinski definition) is 7. The van der Waals surface area contributed by atoms with E-state index in [2.05, 4.69) is 20.3 Å². The summed E-state index contributed by atoms with van der Waals surface area (Å²) in [6, 6.07) is 6.02. The number of anilines is 1. The van der Waals surface area contributed by atoms with E-state index in [1.54, 1.807) is 12.4 Å². The quantitative estimate of drug-likeness (QED) is 0.775. The molecule has 1 aliphatic rings. The topological polar surface area (TPSA) is 94.1 Å². The fraction of sp³-hybridized carbons (Fsp3) is 0.500. The molecule has 1 fully saturated rings. The average Bonchev–Trinajstić information content (AvgIpc) is 2.61. The van der Waals surface area contributed by atoms with Crippen molar-refractivity contribution in [1.82, 2.24) is 15.0 Å². The Bertz CT molecular complexity index is 840. The van der Waals surface area contributed by atoms with Gasteiger partial charge in [0.2, 0.25) is 5.95 Å². The Labute approximate surface area is 154 Å². The molecule has 8 heteroatoms. The van der Waals surface area contributed by atoms with Crippen LogP contribution in [0.2, 0.25) is 0 Å². The maximum atomic E-state index is 11.2. The lowest BCUT2D eigenvalue weighted by Crippen LogP contribution is -2.30. The summed E-state index contributed by atoms with van der Waals surface area (Å²) in [5.41, 5.74) is 2.73. The van der Waals surface area contributed by atoms with Crippen LogP contribution in [-0.2, 0) is 14.3 Å². The van der Waals surface area contributed by atoms with Gasteiger partial charge in [-0.3, -0.25) is 9.17 Å². The third-order valence-corrected chi connectivity index (χ3v) is 5.06. The first-order valence-corrected chi connectivity index (χ1v) is 10.6. The van der Waals surface area contributed by atoms with Gasteiger partial charge >= 0.3 is 0 Å². The van der Waals surface area contributed by atoms with Crippen molar-refractivity contribution in [3.63, 3.8) is 0 Å². The van der Waals surface area contributed by atoms with Gasteiger partial charge in [-0.15, -0.1) is 0 Å². The molecule has 0 radical (unpaired) electrons.